The van der Waals surface area contributed by atoms with Crippen LogP contribution in [0.3, 0.4) is 0 Å². The highest BCUT2D eigenvalue weighted by Crippen LogP contribution is 2.31. The molecule has 8 heteroatoms. The van der Waals surface area contributed by atoms with Crippen molar-refractivity contribution in [1.29, 1.82) is 0 Å². The highest BCUT2D eigenvalue weighted by Gasteiger charge is 2.35. The number of amides is 1. The molecule has 7 nitrogen and oxygen atoms in total. The van der Waals surface area contributed by atoms with E-state index in [0.717, 1.165) is 10.0 Å². The molecule has 3 rings (SSSR count). The zero-order chi connectivity index (χ0) is 20.3. The van der Waals surface area contributed by atoms with Gasteiger partial charge in [0.05, 0.1) is 18.5 Å². The predicted molar refractivity (Wildman–Crippen MR) is 106 cm³/mol. The van der Waals surface area contributed by atoms with Crippen molar-refractivity contribution >= 4 is 45.2 Å². The van der Waals surface area contributed by atoms with Gasteiger partial charge < -0.3 is 9.47 Å². The Hall–Kier alpha value is -3.00. The molecule has 2 aromatic rings. The van der Waals surface area contributed by atoms with E-state index in [1.165, 1.54) is 18.9 Å². The molecule has 0 radical (unpaired) electrons. The van der Waals surface area contributed by atoms with E-state index in [1.54, 1.807) is 18.2 Å². The number of benzodiazepines with no additional fused rings is 1. The van der Waals surface area contributed by atoms with Crippen molar-refractivity contribution in [2.75, 3.05) is 18.6 Å². The van der Waals surface area contributed by atoms with Gasteiger partial charge in [0, 0.05) is 22.5 Å². The van der Waals surface area contributed by atoms with Crippen LogP contribution in [0.15, 0.2) is 58.0 Å². The number of methoxy groups -OCH3 is 1. The van der Waals surface area contributed by atoms with Crippen LogP contribution in [0.25, 0.3) is 0 Å². The van der Waals surface area contributed by atoms with E-state index in [4.69, 9.17) is 9.47 Å². The Bertz CT molecular complexity index is 958. The maximum absolute atomic E-state index is 13.1. The van der Waals surface area contributed by atoms with Gasteiger partial charge in [-0.25, -0.2) is 4.99 Å². The first-order valence-corrected chi connectivity index (χ1v) is 9.18. The first-order valence-electron chi connectivity index (χ1n) is 8.39. The number of anilines is 1. The molecule has 28 heavy (non-hydrogen) atoms. The minimum atomic E-state index is -1.41. The van der Waals surface area contributed by atoms with Crippen molar-refractivity contribution in [3.05, 3.63) is 64.1 Å². The van der Waals surface area contributed by atoms with Gasteiger partial charge in [0.25, 0.3) is 12.1 Å². The van der Waals surface area contributed by atoms with E-state index < -0.39 is 24.1 Å². The number of hydrogen-bond acceptors (Lipinski definition) is 6. The first-order chi connectivity index (χ1) is 13.4. The zero-order valence-corrected chi connectivity index (χ0v) is 16.8. The van der Waals surface area contributed by atoms with Crippen LogP contribution in [-0.4, -0.2) is 43.4 Å². The van der Waals surface area contributed by atoms with E-state index in [-0.39, 0.29) is 6.54 Å². The second kappa shape index (κ2) is 8.35. The molecule has 1 unspecified atom stereocenters. The lowest BCUT2D eigenvalue weighted by Crippen LogP contribution is -2.43. The summed E-state index contributed by atoms with van der Waals surface area (Å²) in [6.45, 7) is 0.865. The lowest BCUT2D eigenvalue weighted by Gasteiger charge is -2.23. The van der Waals surface area contributed by atoms with Crippen LogP contribution < -0.4 is 4.90 Å². The molecule has 1 aliphatic heterocycles. The Morgan fingerprint density at radius 2 is 1.89 bits per heavy atom. The molecule has 1 atom stereocenters. The fourth-order valence-electron chi connectivity index (χ4n) is 2.84. The third-order valence-corrected chi connectivity index (χ3v) is 4.56. The molecule has 0 aromatic heterocycles. The van der Waals surface area contributed by atoms with Crippen molar-refractivity contribution in [1.82, 2.24) is 0 Å². The van der Waals surface area contributed by atoms with E-state index in [1.807, 2.05) is 30.3 Å². The van der Waals surface area contributed by atoms with Crippen molar-refractivity contribution < 1.29 is 23.9 Å². The van der Waals surface area contributed by atoms with Gasteiger partial charge >= 0.3 is 11.9 Å². The Morgan fingerprint density at radius 3 is 2.54 bits per heavy atom. The van der Waals surface area contributed by atoms with E-state index in [9.17, 15) is 14.4 Å². The van der Waals surface area contributed by atoms with Crippen LogP contribution in [0.1, 0.15) is 18.1 Å². The number of benzene rings is 2. The number of carbonyl (C=O) groups is 3. The topological polar surface area (TPSA) is 85.3 Å². The molecule has 0 bridgehead atoms. The Morgan fingerprint density at radius 1 is 1.18 bits per heavy atom. The Labute approximate surface area is 170 Å². The molecule has 0 saturated heterocycles. The highest BCUT2D eigenvalue weighted by molar-refractivity contribution is 9.10. The smallest absolute Gasteiger partial charge is 0.325 e. The third kappa shape index (κ3) is 4.12. The summed E-state index contributed by atoms with van der Waals surface area (Å²) in [4.78, 5) is 42.2. The molecule has 2 aromatic carbocycles. The van der Waals surface area contributed by atoms with Crippen molar-refractivity contribution in [2.45, 2.75) is 13.2 Å². The summed E-state index contributed by atoms with van der Waals surface area (Å²) in [6.07, 6.45) is -1.41. The van der Waals surface area contributed by atoms with E-state index >= 15 is 0 Å². The fourth-order valence-corrected chi connectivity index (χ4v) is 3.21. The van der Waals surface area contributed by atoms with Gasteiger partial charge in [-0.3, -0.25) is 19.3 Å². The van der Waals surface area contributed by atoms with Gasteiger partial charge in [-0.05, 0) is 18.2 Å². The average Bonchev–Trinajstić information content (AvgIpc) is 2.78. The van der Waals surface area contributed by atoms with Gasteiger partial charge in [0.1, 0.15) is 6.54 Å². The lowest BCUT2D eigenvalue weighted by molar-refractivity contribution is -0.152. The summed E-state index contributed by atoms with van der Waals surface area (Å²) in [5.74, 6) is -1.89. The molecule has 0 aliphatic carbocycles. The molecular weight excluding hydrogens is 428 g/mol. The predicted octanol–water partition coefficient (Wildman–Crippen LogP) is 2.70. The molecule has 0 saturated carbocycles. The van der Waals surface area contributed by atoms with Gasteiger partial charge in [-0.15, -0.1) is 0 Å². The number of nitrogens with zero attached hydrogens (tertiary/aromatic N) is 2. The maximum atomic E-state index is 13.1. The molecule has 0 fully saturated rings. The van der Waals surface area contributed by atoms with Gasteiger partial charge in [-0.1, -0.05) is 46.3 Å². The highest BCUT2D eigenvalue weighted by atomic mass is 79.9. The molecule has 1 aliphatic rings. The van der Waals surface area contributed by atoms with Gasteiger partial charge in [-0.2, -0.15) is 0 Å². The Kier molecular flexibility index (Phi) is 5.89. The second-order valence-corrected chi connectivity index (χ2v) is 6.88. The summed E-state index contributed by atoms with van der Waals surface area (Å²) < 4.78 is 10.7. The first kappa shape index (κ1) is 19.8. The third-order valence-electron chi connectivity index (χ3n) is 4.07. The van der Waals surface area contributed by atoms with Crippen LogP contribution in [0, 0.1) is 0 Å². The summed E-state index contributed by atoms with van der Waals surface area (Å²) in [7, 11) is 1.24. The largest absolute Gasteiger partial charge is 0.468 e. The van der Waals surface area contributed by atoms with Crippen molar-refractivity contribution in [2.24, 2.45) is 4.99 Å². The molecule has 0 spiro atoms. The molecule has 1 amide bonds. The molecular formula is C20H17BrN2O5. The van der Waals surface area contributed by atoms with Crippen LogP contribution in [0.5, 0.6) is 0 Å². The number of esters is 2. The number of rotatable bonds is 4. The number of hydrogen-bond donors (Lipinski definition) is 0. The quantitative estimate of drug-likeness (QED) is 0.676. The number of aliphatic imine (C=N–C) groups is 1. The van der Waals surface area contributed by atoms with Crippen LogP contribution in [0.4, 0.5) is 5.69 Å². The minimum Gasteiger partial charge on any atom is -0.468 e. The number of fused-ring (bicyclic) bond motifs is 1. The van der Waals surface area contributed by atoms with Crippen LogP contribution >= 0.6 is 15.9 Å². The normalized spacial score (nSPS) is 16.0. The maximum Gasteiger partial charge on any atom is 0.325 e. The summed E-state index contributed by atoms with van der Waals surface area (Å²) in [5, 5.41) is 0. The minimum absolute atomic E-state index is 0.334. The van der Waals surface area contributed by atoms with Gasteiger partial charge in [0.2, 0.25) is 0 Å². The number of halogens is 1. The molecule has 1 heterocycles. The van der Waals surface area contributed by atoms with Gasteiger partial charge in [0.15, 0.2) is 0 Å². The molecule has 144 valence electrons. The monoisotopic (exact) mass is 444 g/mol. The van der Waals surface area contributed by atoms with E-state index in [0.29, 0.717) is 17.0 Å². The van der Waals surface area contributed by atoms with Crippen molar-refractivity contribution in [3.8, 4) is 0 Å². The SMILES string of the molecule is COC(=O)CN1C(=O)C(OC(C)=O)N=C(c2ccccc2)c2cc(Br)ccc21. The van der Waals surface area contributed by atoms with Crippen molar-refractivity contribution in [3.63, 3.8) is 0 Å². The standard InChI is InChI=1S/C20H17BrN2O5/c1-12(24)28-19-20(26)23(11-17(25)27-2)16-9-8-14(21)10-15(16)18(22-19)13-6-4-3-5-7-13/h3-10,19H,11H2,1-2H3. The van der Waals surface area contributed by atoms with Crippen LogP contribution in [0.2, 0.25) is 0 Å². The Balaban J connectivity index is 2.23. The summed E-state index contributed by atoms with van der Waals surface area (Å²) >= 11 is 3.44. The average molecular weight is 445 g/mol. The zero-order valence-electron chi connectivity index (χ0n) is 15.2. The lowest BCUT2D eigenvalue weighted by atomic mass is 10.0. The second-order valence-electron chi connectivity index (χ2n) is 5.97. The summed E-state index contributed by atoms with van der Waals surface area (Å²) in [5.41, 5.74) is 2.30. The fraction of sp³-hybridized carbons (Fsp3) is 0.200. The molecule has 0 N–H and O–H groups in total. The number of ether oxygens (including phenoxy) is 2. The van der Waals surface area contributed by atoms with E-state index in [2.05, 4.69) is 20.9 Å². The number of carbonyl (C=O) groups excluding carboxylic acids is 3. The summed E-state index contributed by atoms with van der Waals surface area (Å²) in [6, 6.07) is 14.5. The van der Waals surface area contributed by atoms with Crippen LogP contribution in [-0.2, 0) is 23.9 Å².